The smallest absolute Gasteiger partial charge is 0.187 e. The number of aliphatic imine (C=N–C) groups is 1. The van der Waals surface area contributed by atoms with E-state index < -0.39 is 5.79 Å². The van der Waals surface area contributed by atoms with Crippen LogP contribution in [-0.2, 0) is 6.54 Å². The zero-order valence-electron chi connectivity index (χ0n) is 19.6. The number of rotatable bonds is 7. The number of ether oxygens (including phenoxy) is 2. The van der Waals surface area contributed by atoms with Crippen molar-refractivity contribution in [1.29, 1.82) is 0 Å². The lowest BCUT2D eigenvalue weighted by atomic mass is 9.75. The van der Waals surface area contributed by atoms with Gasteiger partial charge in [-0.1, -0.05) is 37.3 Å². The number of likely N-dealkylation sites (tertiary alicyclic amines) is 1. The Morgan fingerprint density at radius 2 is 1.75 bits per heavy atom. The van der Waals surface area contributed by atoms with Gasteiger partial charge in [-0.3, -0.25) is 10.2 Å². The van der Waals surface area contributed by atoms with Gasteiger partial charge in [-0.15, -0.1) is 0 Å². The van der Waals surface area contributed by atoms with Crippen LogP contribution in [0.4, 0.5) is 5.69 Å². The average Bonchev–Trinajstić information content (AvgIpc) is 2.80. The van der Waals surface area contributed by atoms with E-state index in [2.05, 4.69) is 52.8 Å². The monoisotopic (exact) mass is 437 g/mol. The minimum atomic E-state index is -0.660. The largest absolute Gasteiger partial charge is 0.493 e. The summed E-state index contributed by atoms with van der Waals surface area (Å²) in [4.78, 5) is 7.44. The van der Waals surface area contributed by atoms with Crippen LogP contribution in [0.2, 0.25) is 0 Å². The second-order valence-corrected chi connectivity index (χ2v) is 9.23. The van der Waals surface area contributed by atoms with Crippen molar-refractivity contribution in [2.75, 3.05) is 39.7 Å². The van der Waals surface area contributed by atoms with E-state index in [-0.39, 0.29) is 5.41 Å². The molecule has 4 rings (SSSR count). The minimum absolute atomic E-state index is 0.140. The molecule has 0 saturated carbocycles. The number of nitrogens with zero attached hydrogens (tertiary/aromatic N) is 2. The van der Waals surface area contributed by atoms with E-state index in [4.69, 9.17) is 20.2 Å². The second-order valence-electron chi connectivity index (χ2n) is 9.23. The highest BCUT2D eigenvalue weighted by atomic mass is 16.5. The molecule has 0 aliphatic carbocycles. The number of benzene rings is 2. The quantitative estimate of drug-likeness (QED) is 0.616. The molecule has 0 spiro atoms. The zero-order valence-corrected chi connectivity index (χ0v) is 19.6. The molecule has 1 saturated heterocycles. The van der Waals surface area contributed by atoms with Crippen LogP contribution in [0, 0.1) is 5.41 Å². The van der Waals surface area contributed by atoms with Crippen LogP contribution in [0.3, 0.4) is 0 Å². The molecule has 1 fully saturated rings. The molecule has 4 N–H and O–H groups in total. The fourth-order valence-electron chi connectivity index (χ4n) is 4.89. The van der Waals surface area contributed by atoms with Crippen molar-refractivity contribution in [2.45, 2.75) is 38.5 Å². The maximum Gasteiger partial charge on any atom is 0.187 e. The zero-order chi connectivity index (χ0) is 22.8. The Morgan fingerprint density at radius 3 is 2.38 bits per heavy atom. The SMILES string of the molecule is CNC1(CC2(C)CCN(Cc3ccccc3)CC2)N=C(N)c2cc(OC)c(OC)cc2N1. The first-order valence-corrected chi connectivity index (χ1v) is 11.2. The van der Waals surface area contributed by atoms with Crippen molar-refractivity contribution in [3.63, 3.8) is 0 Å². The van der Waals surface area contributed by atoms with Crippen LogP contribution in [0.1, 0.15) is 37.3 Å². The Morgan fingerprint density at radius 1 is 1.09 bits per heavy atom. The molecule has 2 heterocycles. The van der Waals surface area contributed by atoms with E-state index >= 15 is 0 Å². The highest BCUT2D eigenvalue weighted by Crippen LogP contribution is 2.43. The van der Waals surface area contributed by atoms with Gasteiger partial charge in [-0.2, -0.15) is 0 Å². The highest BCUT2D eigenvalue weighted by molar-refractivity contribution is 6.05. The third-order valence-corrected chi connectivity index (χ3v) is 6.86. The van der Waals surface area contributed by atoms with Gasteiger partial charge in [0.05, 0.1) is 19.9 Å². The summed E-state index contributed by atoms with van der Waals surface area (Å²) in [6.07, 6.45) is 3.06. The van der Waals surface area contributed by atoms with Crippen molar-refractivity contribution in [2.24, 2.45) is 16.1 Å². The summed E-state index contributed by atoms with van der Waals surface area (Å²) in [7, 11) is 5.19. The Bertz CT molecular complexity index is 970. The number of anilines is 1. The molecule has 0 radical (unpaired) electrons. The molecule has 2 aromatic carbocycles. The number of fused-ring (bicyclic) bond motifs is 1. The lowest BCUT2D eigenvalue weighted by Gasteiger charge is -2.46. The fourth-order valence-corrected chi connectivity index (χ4v) is 4.89. The Labute approximate surface area is 191 Å². The molecule has 2 aliphatic heterocycles. The maximum absolute atomic E-state index is 6.43. The summed E-state index contributed by atoms with van der Waals surface area (Å²) in [5, 5.41) is 7.03. The van der Waals surface area contributed by atoms with Crippen LogP contribution in [0.15, 0.2) is 47.5 Å². The van der Waals surface area contributed by atoms with Gasteiger partial charge in [0.1, 0.15) is 5.84 Å². The molecular formula is C25H35N5O2. The molecule has 32 heavy (non-hydrogen) atoms. The summed E-state index contributed by atoms with van der Waals surface area (Å²) in [5.74, 6) is 1.14. The summed E-state index contributed by atoms with van der Waals surface area (Å²) >= 11 is 0. The van der Waals surface area contributed by atoms with Crippen LogP contribution < -0.4 is 25.8 Å². The number of amidine groups is 1. The van der Waals surface area contributed by atoms with Crippen LogP contribution in [0.5, 0.6) is 11.5 Å². The normalized spacial score (nSPS) is 22.4. The summed E-state index contributed by atoms with van der Waals surface area (Å²) in [6.45, 7) is 5.52. The predicted octanol–water partition coefficient (Wildman–Crippen LogP) is 3.40. The van der Waals surface area contributed by atoms with Crippen molar-refractivity contribution >= 4 is 11.5 Å². The van der Waals surface area contributed by atoms with Gasteiger partial charge < -0.3 is 20.5 Å². The molecule has 7 nitrogen and oxygen atoms in total. The number of piperidine rings is 1. The summed E-state index contributed by atoms with van der Waals surface area (Å²) in [5.41, 5.74) is 9.67. The minimum Gasteiger partial charge on any atom is -0.493 e. The molecule has 1 atom stereocenters. The van der Waals surface area contributed by atoms with E-state index in [0.29, 0.717) is 17.3 Å². The van der Waals surface area contributed by atoms with Crippen LogP contribution >= 0.6 is 0 Å². The van der Waals surface area contributed by atoms with Gasteiger partial charge in [0.25, 0.3) is 0 Å². The van der Waals surface area contributed by atoms with Crippen molar-refractivity contribution in [3.8, 4) is 11.5 Å². The van der Waals surface area contributed by atoms with Gasteiger partial charge in [0.2, 0.25) is 0 Å². The molecule has 2 aliphatic rings. The molecule has 2 aromatic rings. The van der Waals surface area contributed by atoms with E-state index in [1.165, 1.54) is 5.56 Å². The van der Waals surface area contributed by atoms with Gasteiger partial charge in [-0.05, 0) is 50.0 Å². The third kappa shape index (κ3) is 4.54. The van der Waals surface area contributed by atoms with Crippen molar-refractivity contribution < 1.29 is 9.47 Å². The molecule has 0 aromatic heterocycles. The van der Waals surface area contributed by atoms with E-state index in [1.54, 1.807) is 14.2 Å². The first kappa shape index (κ1) is 22.4. The Balaban J connectivity index is 1.49. The molecule has 7 heteroatoms. The summed E-state index contributed by atoms with van der Waals surface area (Å²) < 4.78 is 10.9. The van der Waals surface area contributed by atoms with E-state index in [0.717, 1.165) is 50.1 Å². The Kier molecular flexibility index (Phi) is 6.31. The topological polar surface area (TPSA) is 84.1 Å². The standard InChI is InChI=1S/C25H35N5O2/c1-24(10-12-30(13-11-24)16-18-8-6-5-7-9-18)17-25(27-2)28-20-15-22(32-4)21(31-3)14-19(20)23(26)29-25/h5-9,14-15,27-28H,10-13,16-17H2,1-4H3,(H2,26,29). The van der Waals surface area contributed by atoms with Gasteiger partial charge in [0, 0.05) is 24.6 Å². The first-order chi connectivity index (χ1) is 15.4. The molecule has 0 bridgehead atoms. The lowest BCUT2D eigenvalue weighted by Crippen LogP contribution is -2.56. The third-order valence-electron chi connectivity index (χ3n) is 6.86. The maximum atomic E-state index is 6.43. The van der Waals surface area contributed by atoms with Crippen molar-refractivity contribution in [3.05, 3.63) is 53.6 Å². The van der Waals surface area contributed by atoms with Crippen LogP contribution in [0.25, 0.3) is 0 Å². The fraction of sp³-hybridized carbons (Fsp3) is 0.480. The van der Waals surface area contributed by atoms with E-state index in [1.807, 2.05) is 19.2 Å². The number of hydrogen-bond acceptors (Lipinski definition) is 7. The molecular weight excluding hydrogens is 402 g/mol. The number of hydrogen-bond donors (Lipinski definition) is 3. The highest BCUT2D eigenvalue weighted by Gasteiger charge is 2.42. The van der Waals surface area contributed by atoms with Crippen molar-refractivity contribution in [1.82, 2.24) is 10.2 Å². The molecule has 172 valence electrons. The number of methoxy groups -OCH3 is 2. The van der Waals surface area contributed by atoms with Gasteiger partial charge in [-0.25, -0.2) is 4.99 Å². The molecule has 0 amide bonds. The van der Waals surface area contributed by atoms with Crippen LogP contribution in [-0.4, -0.2) is 50.9 Å². The molecule has 1 unspecified atom stereocenters. The first-order valence-electron chi connectivity index (χ1n) is 11.2. The lowest BCUT2D eigenvalue weighted by molar-refractivity contribution is 0.0824. The van der Waals surface area contributed by atoms with E-state index in [9.17, 15) is 0 Å². The average molecular weight is 438 g/mol. The number of nitrogens with one attached hydrogen (secondary N) is 2. The Hall–Kier alpha value is -2.77. The number of nitrogens with two attached hydrogens (primary N) is 1. The van der Waals surface area contributed by atoms with Gasteiger partial charge in [0.15, 0.2) is 17.3 Å². The predicted molar refractivity (Wildman–Crippen MR) is 129 cm³/mol. The second kappa shape index (κ2) is 9.00. The van der Waals surface area contributed by atoms with Gasteiger partial charge >= 0.3 is 0 Å². The summed E-state index contributed by atoms with van der Waals surface area (Å²) in [6, 6.07) is 14.5.